The molecule has 98 valence electrons. The molecule has 1 amide bonds. The predicted octanol–water partition coefficient (Wildman–Crippen LogP) is 1.97. The van der Waals surface area contributed by atoms with Crippen molar-refractivity contribution in [3.8, 4) is 0 Å². The van der Waals surface area contributed by atoms with Crippen molar-refractivity contribution in [2.45, 2.75) is 0 Å². The molecule has 0 aliphatic heterocycles. The highest BCUT2D eigenvalue weighted by Crippen LogP contribution is 2.10. The lowest BCUT2D eigenvalue weighted by molar-refractivity contribution is 0.0955. The standard InChI is InChI=1S/C13H13ClN4O/c14-12-8-11(3-5-17-12)16-6-7-18-13(19)10-2-1-4-15-9-10/h1-5,8-9H,6-7H2,(H,16,17)(H,18,19). The van der Waals surface area contributed by atoms with Crippen LogP contribution in [0.5, 0.6) is 0 Å². The molecule has 0 atom stereocenters. The van der Waals surface area contributed by atoms with Gasteiger partial charge in [-0.3, -0.25) is 9.78 Å². The Hall–Kier alpha value is -2.14. The zero-order valence-electron chi connectivity index (χ0n) is 10.1. The third-order valence-corrected chi connectivity index (χ3v) is 2.60. The molecule has 0 aliphatic carbocycles. The number of hydrogen-bond acceptors (Lipinski definition) is 4. The zero-order chi connectivity index (χ0) is 13.5. The Morgan fingerprint density at radius 3 is 2.89 bits per heavy atom. The van der Waals surface area contributed by atoms with Crippen molar-refractivity contribution in [1.82, 2.24) is 15.3 Å². The summed E-state index contributed by atoms with van der Waals surface area (Å²) in [4.78, 5) is 19.5. The molecule has 2 N–H and O–H groups in total. The second-order valence-corrected chi connectivity index (χ2v) is 4.18. The second kappa shape index (κ2) is 6.70. The summed E-state index contributed by atoms with van der Waals surface area (Å²) in [6, 6.07) is 6.99. The average molecular weight is 277 g/mol. The first-order chi connectivity index (χ1) is 9.25. The maximum Gasteiger partial charge on any atom is 0.252 e. The van der Waals surface area contributed by atoms with Crippen LogP contribution in [0, 0.1) is 0 Å². The highest BCUT2D eigenvalue weighted by Gasteiger charge is 2.03. The molecule has 0 aliphatic rings. The van der Waals surface area contributed by atoms with Crippen molar-refractivity contribution >= 4 is 23.2 Å². The van der Waals surface area contributed by atoms with Crippen molar-refractivity contribution in [1.29, 1.82) is 0 Å². The molecule has 5 nitrogen and oxygen atoms in total. The maximum atomic E-state index is 11.7. The van der Waals surface area contributed by atoms with Gasteiger partial charge in [0.2, 0.25) is 0 Å². The normalized spacial score (nSPS) is 9.95. The number of nitrogens with zero attached hydrogens (tertiary/aromatic N) is 2. The number of anilines is 1. The summed E-state index contributed by atoms with van der Waals surface area (Å²) in [5.41, 5.74) is 1.42. The quantitative estimate of drug-likeness (QED) is 0.647. The summed E-state index contributed by atoms with van der Waals surface area (Å²) in [5.74, 6) is -0.136. The minimum absolute atomic E-state index is 0.136. The predicted molar refractivity (Wildman–Crippen MR) is 74.3 cm³/mol. The number of carbonyl (C=O) groups excluding carboxylic acids is 1. The maximum absolute atomic E-state index is 11.7. The van der Waals surface area contributed by atoms with E-state index in [9.17, 15) is 4.79 Å². The topological polar surface area (TPSA) is 66.9 Å². The van der Waals surface area contributed by atoms with Gasteiger partial charge in [0.1, 0.15) is 5.15 Å². The number of rotatable bonds is 5. The van der Waals surface area contributed by atoms with Crippen LogP contribution >= 0.6 is 11.6 Å². The highest BCUT2D eigenvalue weighted by atomic mass is 35.5. The number of aromatic nitrogens is 2. The number of carbonyl (C=O) groups is 1. The molecule has 0 saturated carbocycles. The molecule has 2 aromatic heterocycles. The number of amides is 1. The van der Waals surface area contributed by atoms with Crippen molar-refractivity contribution in [2.24, 2.45) is 0 Å². The lowest BCUT2D eigenvalue weighted by atomic mass is 10.3. The van der Waals surface area contributed by atoms with Crippen LogP contribution in [-0.2, 0) is 0 Å². The van der Waals surface area contributed by atoms with E-state index in [-0.39, 0.29) is 5.91 Å². The van der Waals surface area contributed by atoms with E-state index in [1.807, 2.05) is 6.07 Å². The van der Waals surface area contributed by atoms with Gasteiger partial charge in [0.15, 0.2) is 0 Å². The molecule has 0 saturated heterocycles. The fourth-order valence-electron chi connectivity index (χ4n) is 1.49. The first-order valence-corrected chi connectivity index (χ1v) is 6.17. The van der Waals surface area contributed by atoms with Crippen molar-refractivity contribution in [3.63, 3.8) is 0 Å². The molecule has 0 aromatic carbocycles. The van der Waals surface area contributed by atoms with E-state index in [1.54, 1.807) is 30.6 Å². The van der Waals surface area contributed by atoms with Crippen molar-refractivity contribution < 1.29 is 4.79 Å². The summed E-state index contributed by atoms with van der Waals surface area (Å²) in [6.45, 7) is 1.11. The van der Waals surface area contributed by atoms with Gasteiger partial charge in [-0.1, -0.05) is 11.6 Å². The summed E-state index contributed by atoms with van der Waals surface area (Å²) >= 11 is 5.76. The highest BCUT2D eigenvalue weighted by molar-refractivity contribution is 6.29. The van der Waals surface area contributed by atoms with Crippen molar-refractivity contribution in [3.05, 3.63) is 53.6 Å². The zero-order valence-corrected chi connectivity index (χ0v) is 10.9. The minimum atomic E-state index is -0.136. The molecule has 2 rings (SSSR count). The van der Waals surface area contributed by atoms with Crippen LogP contribution in [-0.4, -0.2) is 29.0 Å². The molecule has 2 aromatic rings. The molecule has 0 bridgehead atoms. The Kier molecular flexibility index (Phi) is 4.69. The number of nitrogens with one attached hydrogen (secondary N) is 2. The largest absolute Gasteiger partial charge is 0.383 e. The number of pyridine rings is 2. The smallest absolute Gasteiger partial charge is 0.252 e. The molecule has 19 heavy (non-hydrogen) atoms. The molecule has 6 heteroatoms. The molecular formula is C13H13ClN4O. The van der Waals surface area contributed by atoms with Gasteiger partial charge in [0, 0.05) is 37.4 Å². The van der Waals surface area contributed by atoms with Crippen LogP contribution in [0.4, 0.5) is 5.69 Å². The Labute approximate surface area is 116 Å². The lowest BCUT2D eigenvalue weighted by Crippen LogP contribution is -2.28. The number of halogens is 1. The Morgan fingerprint density at radius 2 is 2.16 bits per heavy atom. The van der Waals surface area contributed by atoms with Crippen LogP contribution in [0.1, 0.15) is 10.4 Å². The Balaban J connectivity index is 1.74. The van der Waals surface area contributed by atoms with E-state index in [2.05, 4.69) is 20.6 Å². The minimum Gasteiger partial charge on any atom is -0.383 e. The molecular weight excluding hydrogens is 264 g/mol. The van der Waals surface area contributed by atoms with Crippen LogP contribution in [0.15, 0.2) is 42.9 Å². The fraction of sp³-hybridized carbons (Fsp3) is 0.154. The third kappa shape index (κ3) is 4.22. The van der Waals surface area contributed by atoms with E-state index < -0.39 is 0 Å². The SMILES string of the molecule is O=C(NCCNc1ccnc(Cl)c1)c1cccnc1. The van der Waals surface area contributed by atoms with Gasteiger partial charge in [0.05, 0.1) is 5.56 Å². The molecule has 0 unspecified atom stereocenters. The Bertz CT molecular complexity index is 547. The van der Waals surface area contributed by atoms with Gasteiger partial charge in [0.25, 0.3) is 5.91 Å². The van der Waals surface area contributed by atoms with Crippen molar-refractivity contribution in [2.75, 3.05) is 18.4 Å². The van der Waals surface area contributed by atoms with Gasteiger partial charge in [-0.15, -0.1) is 0 Å². The van der Waals surface area contributed by atoms with Gasteiger partial charge in [-0.25, -0.2) is 4.98 Å². The molecule has 2 heterocycles. The summed E-state index contributed by atoms with van der Waals surface area (Å²) in [5, 5.41) is 6.37. The van der Waals surface area contributed by atoms with E-state index in [4.69, 9.17) is 11.6 Å². The summed E-state index contributed by atoms with van der Waals surface area (Å²) in [6.07, 6.45) is 4.79. The van der Waals surface area contributed by atoms with Gasteiger partial charge in [-0.2, -0.15) is 0 Å². The fourth-order valence-corrected chi connectivity index (χ4v) is 1.67. The van der Waals surface area contributed by atoms with Crippen LogP contribution in [0.3, 0.4) is 0 Å². The Morgan fingerprint density at radius 1 is 1.26 bits per heavy atom. The first-order valence-electron chi connectivity index (χ1n) is 5.79. The van der Waals surface area contributed by atoms with Gasteiger partial charge < -0.3 is 10.6 Å². The van der Waals surface area contributed by atoms with E-state index in [1.165, 1.54) is 6.20 Å². The number of hydrogen-bond donors (Lipinski definition) is 2. The monoisotopic (exact) mass is 276 g/mol. The average Bonchev–Trinajstić information content (AvgIpc) is 2.44. The lowest BCUT2D eigenvalue weighted by Gasteiger charge is -2.07. The van der Waals surface area contributed by atoms with E-state index in [0.29, 0.717) is 23.8 Å². The van der Waals surface area contributed by atoms with Gasteiger partial charge in [-0.05, 0) is 24.3 Å². The summed E-state index contributed by atoms with van der Waals surface area (Å²) in [7, 11) is 0. The molecule has 0 fully saturated rings. The second-order valence-electron chi connectivity index (χ2n) is 3.79. The van der Waals surface area contributed by atoms with E-state index in [0.717, 1.165) is 5.69 Å². The van der Waals surface area contributed by atoms with E-state index >= 15 is 0 Å². The van der Waals surface area contributed by atoms with Crippen LogP contribution in [0.25, 0.3) is 0 Å². The summed E-state index contributed by atoms with van der Waals surface area (Å²) < 4.78 is 0. The van der Waals surface area contributed by atoms with Crippen LogP contribution in [0.2, 0.25) is 5.15 Å². The first kappa shape index (κ1) is 13.3. The van der Waals surface area contributed by atoms with Crippen LogP contribution < -0.4 is 10.6 Å². The van der Waals surface area contributed by atoms with Gasteiger partial charge >= 0.3 is 0 Å². The third-order valence-electron chi connectivity index (χ3n) is 2.39. The molecule has 0 spiro atoms. The molecule has 0 radical (unpaired) electrons.